The maximum Gasteiger partial charge on any atom is 0.234 e. The Hall–Kier alpha value is -0.520. The van der Waals surface area contributed by atoms with Crippen LogP contribution >= 0.6 is 27.7 Å². The van der Waals surface area contributed by atoms with Crippen molar-refractivity contribution in [2.45, 2.75) is 0 Å². The molecule has 17 heavy (non-hydrogen) atoms. The van der Waals surface area contributed by atoms with Crippen LogP contribution in [0.15, 0.2) is 28.7 Å². The van der Waals surface area contributed by atoms with E-state index in [1.165, 1.54) is 0 Å². The number of nitrogens with one attached hydrogen (secondary N) is 1. The zero-order valence-electron chi connectivity index (χ0n) is 10.1. The number of carbonyl (C=O) groups excluding carboxylic acids is 1. The molecule has 0 radical (unpaired) electrons. The molecule has 94 valence electrons. The molecule has 3 nitrogen and oxygen atoms in total. The summed E-state index contributed by atoms with van der Waals surface area (Å²) in [7, 11) is 4.06. The molecule has 0 aliphatic heterocycles. The molecule has 0 aliphatic rings. The molecule has 1 amide bonds. The molecule has 0 spiro atoms. The number of hydrogen-bond donors (Lipinski definition) is 1. The average Bonchev–Trinajstić information content (AvgIpc) is 2.27. The van der Waals surface area contributed by atoms with Crippen molar-refractivity contribution in [1.82, 2.24) is 4.90 Å². The van der Waals surface area contributed by atoms with E-state index in [0.29, 0.717) is 5.75 Å². The Morgan fingerprint density at radius 2 is 2.00 bits per heavy atom. The number of rotatable bonds is 6. The van der Waals surface area contributed by atoms with Gasteiger partial charge in [-0.25, -0.2) is 0 Å². The highest BCUT2D eigenvalue weighted by atomic mass is 79.9. The van der Waals surface area contributed by atoms with Gasteiger partial charge in [0.25, 0.3) is 0 Å². The van der Waals surface area contributed by atoms with Crippen LogP contribution in [0.5, 0.6) is 0 Å². The molecular weight excluding hydrogens is 300 g/mol. The fourth-order valence-corrected chi connectivity index (χ4v) is 2.30. The number of anilines is 1. The van der Waals surface area contributed by atoms with Gasteiger partial charge in [-0.05, 0) is 38.4 Å². The van der Waals surface area contributed by atoms with E-state index < -0.39 is 0 Å². The summed E-state index contributed by atoms with van der Waals surface area (Å²) in [4.78, 5) is 13.7. The van der Waals surface area contributed by atoms with E-state index in [2.05, 4.69) is 26.1 Å². The smallest absolute Gasteiger partial charge is 0.234 e. The van der Waals surface area contributed by atoms with Crippen LogP contribution in [0.2, 0.25) is 0 Å². The van der Waals surface area contributed by atoms with Gasteiger partial charge in [-0.2, -0.15) is 11.8 Å². The van der Waals surface area contributed by atoms with E-state index in [1.54, 1.807) is 11.8 Å². The predicted octanol–water partition coefficient (Wildman–Crippen LogP) is 2.68. The lowest BCUT2D eigenvalue weighted by Gasteiger charge is -2.09. The number of thioether (sulfide) groups is 1. The molecule has 0 atom stereocenters. The molecule has 0 fully saturated rings. The van der Waals surface area contributed by atoms with Gasteiger partial charge in [0.05, 0.1) is 5.75 Å². The number of hydrogen-bond acceptors (Lipinski definition) is 3. The van der Waals surface area contributed by atoms with Gasteiger partial charge in [0.15, 0.2) is 0 Å². The molecule has 1 aromatic carbocycles. The van der Waals surface area contributed by atoms with Crippen molar-refractivity contribution in [1.29, 1.82) is 0 Å². The summed E-state index contributed by atoms with van der Waals surface area (Å²) in [6, 6.07) is 7.59. The van der Waals surface area contributed by atoms with E-state index in [0.717, 1.165) is 22.5 Å². The third-order valence-electron chi connectivity index (χ3n) is 2.04. The minimum absolute atomic E-state index is 0.0519. The van der Waals surface area contributed by atoms with Crippen LogP contribution in [0.1, 0.15) is 0 Å². The summed E-state index contributed by atoms with van der Waals surface area (Å²) in [5, 5.41) is 2.86. The second-order valence-electron chi connectivity index (χ2n) is 3.91. The molecule has 0 aliphatic carbocycles. The summed E-state index contributed by atoms with van der Waals surface area (Å²) >= 11 is 5.00. The van der Waals surface area contributed by atoms with Gasteiger partial charge in [0.1, 0.15) is 0 Å². The average molecular weight is 317 g/mol. The first-order valence-corrected chi connectivity index (χ1v) is 7.30. The highest BCUT2D eigenvalue weighted by molar-refractivity contribution is 9.10. The predicted molar refractivity (Wildman–Crippen MR) is 78.7 cm³/mol. The molecule has 0 saturated carbocycles. The number of amides is 1. The molecule has 1 rings (SSSR count). The van der Waals surface area contributed by atoms with Crippen LogP contribution in [0.3, 0.4) is 0 Å². The van der Waals surface area contributed by atoms with Crippen LogP contribution < -0.4 is 5.32 Å². The lowest BCUT2D eigenvalue weighted by atomic mass is 10.3. The Morgan fingerprint density at radius 3 is 2.59 bits per heavy atom. The van der Waals surface area contributed by atoms with Crippen LogP contribution in [0.25, 0.3) is 0 Å². The van der Waals surface area contributed by atoms with E-state index in [1.807, 2.05) is 38.4 Å². The van der Waals surface area contributed by atoms with Crippen molar-refractivity contribution in [3.8, 4) is 0 Å². The van der Waals surface area contributed by atoms with Crippen molar-refractivity contribution >= 4 is 39.3 Å². The van der Waals surface area contributed by atoms with E-state index in [9.17, 15) is 4.79 Å². The van der Waals surface area contributed by atoms with Gasteiger partial charge in [-0.3, -0.25) is 4.79 Å². The van der Waals surface area contributed by atoms with Crippen molar-refractivity contribution < 1.29 is 4.79 Å². The fourth-order valence-electron chi connectivity index (χ4n) is 1.14. The van der Waals surface area contributed by atoms with Gasteiger partial charge < -0.3 is 10.2 Å². The van der Waals surface area contributed by atoms with Gasteiger partial charge in [-0.1, -0.05) is 15.9 Å². The van der Waals surface area contributed by atoms with Crippen LogP contribution in [0.4, 0.5) is 5.69 Å². The Labute approximate surface area is 115 Å². The highest BCUT2D eigenvalue weighted by Gasteiger charge is 2.02. The number of halogens is 1. The molecule has 1 aromatic rings. The van der Waals surface area contributed by atoms with Crippen molar-refractivity contribution in [2.75, 3.05) is 37.5 Å². The van der Waals surface area contributed by atoms with E-state index >= 15 is 0 Å². The van der Waals surface area contributed by atoms with Crippen molar-refractivity contribution in [3.05, 3.63) is 28.7 Å². The number of benzene rings is 1. The zero-order valence-corrected chi connectivity index (χ0v) is 12.5. The summed E-state index contributed by atoms with van der Waals surface area (Å²) in [5.74, 6) is 1.53. The van der Waals surface area contributed by atoms with E-state index in [-0.39, 0.29) is 5.91 Å². The standard InChI is InChI=1S/C12H17BrN2OS/c1-15(2)7-8-17-9-12(16)14-11-5-3-10(13)4-6-11/h3-6H,7-9H2,1-2H3,(H,14,16). The minimum atomic E-state index is 0.0519. The second-order valence-corrected chi connectivity index (χ2v) is 5.93. The van der Waals surface area contributed by atoms with Crippen LogP contribution in [-0.4, -0.2) is 43.0 Å². The van der Waals surface area contributed by atoms with Crippen LogP contribution in [-0.2, 0) is 4.79 Å². The normalized spacial score (nSPS) is 10.6. The van der Waals surface area contributed by atoms with Gasteiger partial charge >= 0.3 is 0 Å². The summed E-state index contributed by atoms with van der Waals surface area (Å²) in [5.41, 5.74) is 0.839. The Kier molecular flexibility index (Phi) is 6.62. The SMILES string of the molecule is CN(C)CCSCC(=O)Nc1ccc(Br)cc1. The summed E-state index contributed by atoms with van der Waals surface area (Å²) < 4.78 is 1.01. The molecule has 5 heteroatoms. The lowest BCUT2D eigenvalue weighted by Crippen LogP contribution is -2.18. The maximum absolute atomic E-state index is 11.6. The number of carbonyl (C=O) groups is 1. The van der Waals surface area contributed by atoms with Crippen molar-refractivity contribution in [2.24, 2.45) is 0 Å². The minimum Gasteiger partial charge on any atom is -0.325 e. The topological polar surface area (TPSA) is 32.3 Å². The highest BCUT2D eigenvalue weighted by Crippen LogP contribution is 2.14. The van der Waals surface area contributed by atoms with Gasteiger partial charge in [0, 0.05) is 22.5 Å². The van der Waals surface area contributed by atoms with E-state index in [4.69, 9.17) is 0 Å². The Balaban J connectivity index is 2.23. The molecule has 0 saturated heterocycles. The molecule has 0 heterocycles. The summed E-state index contributed by atoms with van der Waals surface area (Å²) in [6.45, 7) is 0.996. The van der Waals surface area contributed by atoms with Crippen LogP contribution in [0, 0.1) is 0 Å². The monoisotopic (exact) mass is 316 g/mol. The molecule has 0 unspecified atom stereocenters. The fraction of sp³-hybridized carbons (Fsp3) is 0.417. The molecule has 0 bridgehead atoms. The molecule has 1 N–H and O–H groups in total. The first kappa shape index (κ1) is 14.5. The molecular formula is C12H17BrN2OS. The quantitative estimate of drug-likeness (QED) is 0.819. The second kappa shape index (κ2) is 7.74. The first-order valence-electron chi connectivity index (χ1n) is 5.36. The third-order valence-corrected chi connectivity index (χ3v) is 3.51. The van der Waals surface area contributed by atoms with Gasteiger partial charge in [0.2, 0.25) is 5.91 Å². The third kappa shape index (κ3) is 6.71. The number of nitrogens with zero attached hydrogens (tertiary/aromatic N) is 1. The largest absolute Gasteiger partial charge is 0.325 e. The Morgan fingerprint density at radius 1 is 1.35 bits per heavy atom. The maximum atomic E-state index is 11.6. The lowest BCUT2D eigenvalue weighted by molar-refractivity contribution is -0.113. The molecule has 0 aromatic heterocycles. The summed E-state index contributed by atoms with van der Waals surface area (Å²) in [6.07, 6.45) is 0. The van der Waals surface area contributed by atoms with Crippen molar-refractivity contribution in [3.63, 3.8) is 0 Å². The zero-order chi connectivity index (χ0) is 12.7. The Bertz CT molecular complexity index is 354. The first-order chi connectivity index (χ1) is 8.08. The van der Waals surface area contributed by atoms with Gasteiger partial charge in [-0.15, -0.1) is 0 Å².